The molecule has 1 aliphatic rings. The molecule has 0 radical (unpaired) electrons. The highest BCUT2D eigenvalue weighted by molar-refractivity contribution is 7.99. The summed E-state index contributed by atoms with van der Waals surface area (Å²) in [6, 6.07) is 15.3. The average Bonchev–Trinajstić information content (AvgIpc) is 3.14. The Hall–Kier alpha value is -2.34. The number of hydrogen-bond donors (Lipinski definition) is 1. The minimum atomic E-state index is -0.566. The predicted molar refractivity (Wildman–Crippen MR) is 110 cm³/mol. The number of halogens is 1. The molecule has 6 heteroatoms. The highest BCUT2D eigenvalue weighted by Crippen LogP contribution is 2.42. The first-order chi connectivity index (χ1) is 13.5. The van der Waals surface area contributed by atoms with Crippen LogP contribution in [0.4, 0.5) is 4.39 Å². The molecule has 1 heterocycles. The van der Waals surface area contributed by atoms with E-state index < -0.39 is 6.04 Å². The number of nitrogens with one attached hydrogen (secondary N) is 1. The quantitative estimate of drug-likeness (QED) is 0.780. The number of carbonyl (C=O) groups is 2. The molecule has 3 rings (SSSR count). The summed E-state index contributed by atoms with van der Waals surface area (Å²) in [6.07, 6.45) is 1.06. The molecule has 0 bridgehead atoms. The Morgan fingerprint density at radius 1 is 1.21 bits per heavy atom. The van der Waals surface area contributed by atoms with Crippen LogP contribution in [0.3, 0.4) is 0 Å². The lowest BCUT2D eigenvalue weighted by Crippen LogP contribution is -2.48. The van der Waals surface area contributed by atoms with Crippen molar-refractivity contribution in [3.05, 3.63) is 71.5 Å². The molecule has 28 heavy (non-hydrogen) atoms. The molecule has 0 aromatic heterocycles. The smallest absolute Gasteiger partial charge is 0.244 e. The van der Waals surface area contributed by atoms with Crippen LogP contribution in [0.1, 0.15) is 49.2 Å². The maximum atomic E-state index is 13.7. The third-order valence-electron chi connectivity index (χ3n) is 4.85. The average molecular weight is 401 g/mol. The number of thioether (sulfide) groups is 1. The summed E-state index contributed by atoms with van der Waals surface area (Å²) in [5.41, 5.74) is 1.72. The molecule has 1 saturated heterocycles. The van der Waals surface area contributed by atoms with Crippen molar-refractivity contribution < 1.29 is 14.0 Å². The second kappa shape index (κ2) is 9.24. The number of amides is 2. The number of benzene rings is 2. The van der Waals surface area contributed by atoms with Crippen LogP contribution >= 0.6 is 11.8 Å². The van der Waals surface area contributed by atoms with E-state index in [1.165, 1.54) is 23.9 Å². The van der Waals surface area contributed by atoms with E-state index in [1.54, 1.807) is 17.0 Å². The number of rotatable bonds is 6. The molecule has 3 atom stereocenters. The number of nitrogens with zero attached hydrogens (tertiary/aromatic N) is 1. The van der Waals surface area contributed by atoms with Crippen LogP contribution in [0.2, 0.25) is 0 Å². The number of carbonyl (C=O) groups excluding carboxylic acids is 2. The summed E-state index contributed by atoms with van der Waals surface area (Å²) in [4.78, 5) is 27.5. The molecule has 1 fully saturated rings. The Bertz CT molecular complexity index is 830. The van der Waals surface area contributed by atoms with Crippen molar-refractivity contribution in [3.8, 4) is 0 Å². The van der Waals surface area contributed by atoms with Gasteiger partial charge in [-0.05, 0) is 36.6 Å². The van der Waals surface area contributed by atoms with E-state index in [0.29, 0.717) is 24.2 Å². The SMILES string of the molecule is CCCC(=O)N1[C@@H](c2cccc(F)c2)SC[C@H]1C(=O)N[C@@H](C)c1ccccc1. The van der Waals surface area contributed by atoms with Crippen LogP contribution in [-0.4, -0.2) is 28.5 Å². The Kier molecular flexibility index (Phi) is 6.73. The summed E-state index contributed by atoms with van der Waals surface area (Å²) >= 11 is 1.50. The first kappa shape index (κ1) is 20.4. The lowest BCUT2D eigenvalue weighted by molar-refractivity contribution is -0.140. The topological polar surface area (TPSA) is 49.4 Å². The van der Waals surface area contributed by atoms with E-state index in [9.17, 15) is 14.0 Å². The van der Waals surface area contributed by atoms with Gasteiger partial charge in [0.15, 0.2) is 0 Å². The third-order valence-corrected chi connectivity index (χ3v) is 6.17. The van der Waals surface area contributed by atoms with Crippen LogP contribution in [-0.2, 0) is 9.59 Å². The van der Waals surface area contributed by atoms with Crippen LogP contribution in [0, 0.1) is 5.82 Å². The normalized spacial score (nSPS) is 20.0. The maximum Gasteiger partial charge on any atom is 0.244 e. The molecule has 1 N–H and O–H groups in total. The van der Waals surface area contributed by atoms with E-state index >= 15 is 0 Å². The molecular weight excluding hydrogens is 375 g/mol. The first-order valence-corrected chi connectivity index (χ1v) is 10.6. The van der Waals surface area contributed by atoms with Gasteiger partial charge in [0.1, 0.15) is 17.2 Å². The largest absolute Gasteiger partial charge is 0.348 e. The van der Waals surface area contributed by atoms with Gasteiger partial charge in [-0.1, -0.05) is 49.4 Å². The van der Waals surface area contributed by atoms with Gasteiger partial charge in [0, 0.05) is 12.2 Å². The molecule has 0 saturated carbocycles. The van der Waals surface area contributed by atoms with Crippen molar-refractivity contribution in [1.29, 1.82) is 0 Å². The predicted octanol–water partition coefficient (Wildman–Crippen LogP) is 4.45. The fraction of sp³-hybridized carbons (Fsp3) is 0.364. The van der Waals surface area contributed by atoms with Gasteiger partial charge >= 0.3 is 0 Å². The van der Waals surface area contributed by atoms with E-state index in [0.717, 1.165) is 5.56 Å². The lowest BCUT2D eigenvalue weighted by atomic mass is 10.1. The molecule has 0 unspecified atom stereocenters. The lowest BCUT2D eigenvalue weighted by Gasteiger charge is -2.30. The molecule has 0 spiro atoms. The third kappa shape index (κ3) is 4.55. The summed E-state index contributed by atoms with van der Waals surface area (Å²) < 4.78 is 13.7. The van der Waals surface area contributed by atoms with Crippen molar-refractivity contribution in [2.75, 3.05) is 5.75 Å². The van der Waals surface area contributed by atoms with Gasteiger partial charge in [-0.2, -0.15) is 0 Å². The molecule has 1 aliphatic heterocycles. The summed E-state index contributed by atoms with van der Waals surface area (Å²) in [6.45, 7) is 3.86. The van der Waals surface area contributed by atoms with Crippen molar-refractivity contribution in [3.63, 3.8) is 0 Å². The Morgan fingerprint density at radius 3 is 2.64 bits per heavy atom. The van der Waals surface area contributed by atoms with E-state index in [2.05, 4.69) is 5.32 Å². The van der Waals surface area contributed by atoms with Gasteiger partial charge in [0.05, 0.1) is 6.04 Å². The fourth-order valence-electron chi connectivity index (χ4n) is 3.41. The Labute approximate surface area is 169 Å². The molecule has 4 nitrogen and oxygen atoms in total. The second-order valence-corrected chi connectivity index (χ2v) is 8.06. The zero-order valence-corrected chi connectivity index (χ0v) is 16.9. The van der Waals surface area contributed by atoms with Crippen LogP contribution in [0.5, 0.6) is 0 Å². The van der Waals surface area contributed by atoms with Crippen molar-refractivity contribution in [2.45, 2.75) is 44.1 Å². The first-order valence-electron chi connectivity index (χ1n) is 9.54. The summed E-state index contributed by atoms with van der Waals surface area (Å²) in [7, 11) is 0. The van der Waals surface area contributed by atoms with Gasteiger partial charge in [-0.15, -0.1) is 11.8 Å². The molecule has 148 valence electrons. The fourth-order valence-corrected chi connectivity index (χ4v) is 4.85. The zero-order chi connectivity index (χ0) is 20.1. The standard InChI is InChI=1S/C22H25FN2O2S/c1-3-8-20(26)25-19(14-28-22(25)17-11-7-12-18(23)13-17)21(27)24-15(2)16-9-5-4-6-10-16/h4-7,9-13,15,19,22H,3,8,14H2,1-2H3,(H,24,27)/t15-,19-,22+/m0/s1. The molecular formula is C22H25FN2O2S. The van der Waals surface area contributed by atoms with Crippen molar-refractivity contribution in [2.24, 2.45) is 0 Å². The highest BCUT2D eigenvalue weighted by atomic mass is 32.2. The van der Waals surface area contributed by atoms with E-state index in [4.69, 9.17) is 0 Å². The summed E-state index contributed by atoms with van der Waals surface area (Å²) in [5.74, 6) is -0.0997. The molecule has 2 aromatic rings. The van der Waals surface area contributed by atoms with Crippen molar-refractivity contribution >= 4 is 23.6 Å². The monoisotopic (exact) mass is 400 g/mol. The zero-order valence-electron chi connectivity index (χ0n) is 16.1. The maximum absolute atomic E-state index is 13.7. The van der Waals surface area contributed by atoms with Gasteiger partial charge < -0.3 is 10.2 Å². The summed E-state index contributed by atoms with van der Waals surface area (Å²) in [5, 5.41) is 2.68. The Balaban J connectivity index is 1.80. The highest BCUT2D eigenvalue weighted by Gasteiger charge is 2.42. The van der Waals surface area contributed by atoms with Gasteiger partial charge in [0.25, 0.3) is 0 Å². The van der Waals surface area contributed by atoms with Crippen molar-refractivity contribution in [1.82, 2.24) is 10.2 Å². The molecule has 0 aliphatic carbocycles. The van der Waals surface area contributed by atoms with Gasteiger partial charge in [-0.3, -0.25) is 9.59 Å². The van der Waals surface area contributed by atoms with Gasteiger partial charge in [0.2, 0.25) is 11.8 Å². The van der Waals surface area contributed by atoms with Crippen LogP contribution in [0.15, 0.2) is 54.6 Å². The van der Waals surface area contributed by atoms with E-state index in [1.807, 2.05) is 44.2 Å². The Morgan fingerprint density at radius 2 is 1.96 bits per heavy atom. The molecule has 2 aromatic carbocycles. The molecule has 2 amide bonds. The van der Waals surface area contributed by atoms with Crippen LogP contribution in [0.25, 0.3) is 0 Å². The van der Waals surface area contributed by atoms with E-state index in [-0.39, 0.29) is 29.0 Å². The minimum Gasteiger partial charge on any atom is -0.348 e. The minimum absolute atomic E-state index is 0.0747. The second-order valence-electron chi connectivity index (χ2n) is 6.95. The van der Waals surface area contributed by atoms with Crippen LogP contribution < -0.4 is 5.32 Å². The number of hydrogen-bond acceptors (Lipinski definition) is 3. The van der Waals surface area contributed by atoms with Gasteiger partial charge in [-0.25, -0.2) is 4.39 Å².